The quantitative estimate of drug-likeness (QED) is 0.731. The van der Waals surface area contributed by atoms with Gasteiger partial charge in [-0.25, -0.2) is 13.8 Å². The van der Waals surface area contributed by atoms with Crippen LogP contribution in [0, 0.1) is 5.82 Å². The monoisotopic (exact) mass is 399 g/mol. The molecule has 9 heteroatoms. The molecule has 2 aromatic heterocycles. The molecule has 6 nitrogen and oxygen atoms in total. The number of thiazole rings is 1. The molecule has 1 unspecified atom stereocenters. The van der Waals surface area contributed by atoms with Gasteiger partial charge in [0, 0.05) is 42.3 Å². The van der Waals surface area contributed by atoms with E-state index in [1.807, 2.05) is 0 Å². The number of rotatable bonds is 4. The number of amides is 1. The Hall–Kier alpha value is -3.20. The maximum absolute atomic E-state index is 14.5. The third-order valence-corrected chi connectivity index (χ3v) is 5.50. The van der Waals surface area contributed by atoms with Crippen molar-refractivity contribution in [2.24, 2.45) is 10.7 Å². The zero-order chi connectivity index (χ0) is 19.9. The molecular formula is C19H15F2N5OS. The number of carbonyl (C=O) groups excluding carboxylic acids is 1. The standard InChI is InChI=1S/C19H15F2N5OS/c1-26-17(27)19(25-18(26)22,13-4-11(6-20)7-23-8-13)12-2-3-15(21)14(5-12)16-9-24-10-28-16/h2-5,7-10H,6H2,1H3,(H2,22,25). The number of aromatic nitrogens is 2. The van der Waals surface area contributed by atoms with Crippen LogP contribution < -0.4 is 5.73 Å². The highest BCUT2D eigenvalue weighted by atomic mass is 32.1. The summed E-state index contributed by atoms with van der Waals surface area (Å²) in [6, 6.07) is 5.83. The lowest BCUT2D eigenvalue weighted by Crippen LogP contribution is -2.41. The summed E-state index contributed by atoms with van der Waals surface area (Å²) in [6.07, 6.45) is 4.37. The van der Waals surface area contributed by atoms with Gasteiger partial charge < -0.3 is 5.73 Å². The summed E-state index contributed by atoms with van der Waals surface area (Å²) in [5, 5.41) is 0. The molecule has 142 valence electrons. The predicted molar refractivity (Wildman–Crippen MR) is 102 cm³/mol. The topological polar surface area (TPSA) is 84.5 Å². The lowest BCUT2D eigenvalue weighted by Gasteiger charge is -2.26. The fraction of sp³-hybridized carbons (Fsp3) is 0.158. The van der Waals surface area contributed by atoms with Crippen LogP contribution in [0.15, 0.2) is 53.4 Å². The Morgan fingerprint density at radius 3 is 2.64 bits per heavy atom. The zero-order valence-electron chi connectivity index (χ0n) is 14.8. The van der Waals surface area contributed by atoms with Crippen LogP contribution in [0.5, 0.6) is 0 Å². The number of nitrogens with two attached hydrogens (primary N) is 1. The van der Waals surface area contributed by atoms with Gasteiger partial charge in [0.25, 0.3) is 5.91 Å². The van der Waals surface area contributed by atoms with E-state index < -0.39 is 23.9 Å². The molecule has 1 aliphatic heterocycles. The largest absolute Gasteiger partial charge is 0.369 e. The first kappa shape index (κ1) is 18.2. The van der Waals surface area contributed by atoms with E-state index in [2.05, 4.69) is 15.0 Å². The Balaban J connectivity index is 1.98. The van der Waals surface area contributed by atoms with Crippen LogP contribution in [0.1, 0.15) is 16.7 Å². The minimum absolute atomic E-state index is 0.0133. The number of alkyl halides is 1. The zero-order valence-corrected chi connectivity index (χ0v) is 15.6. The van der Waals surface area contributed by atoms with Crippen molar-refractivity contribution >= 4 is 23.2 Å². The second-order valence-electron chi connectivity index (χ2n) is 6.32. The van der Waals surface area contributed by atoms with Crippen molar-refractivity contribution in [3.8, 4) is 10.4 Å². The molecule has 0 saturated carbocycles. The van der Waals surface area contributed by atoms with Gasteiger partial charge in [-0.05, 0) is 23.8 Å². The molecule has 0 radical (unpaired) electrons. The number of halogens is 2. The van der Waals surface area contributed by atoms with Crippen LogP contribution in [0.2, 0.25) is 0 Å². The molecule has 1 aliphatic rings. The Kier molecular flexibility index (Phi) is 4.38. The lowest BCUT2D eigenvalue weighted by atomic mass is 9.82. The maximum Gasteiger partial charge on any atom is 0.266 e. The molecule has 0 aliphatic carbocycles. The first-order valence-corrected chi connectivity index (χ1v) is 9.18. The molecule has 3 heterocycles. The molecule has 3 aromatic rings. The minimum atomic E-state index is -1.57. The van der Waals surface area contributed by atoms with E-state index in [1.165, 1.54) is 53.9 Å². The summed E-state index contributed by atoms with van der Waals surface area (Å²) in [6.45, 7) is -0.740. The Morgan fingerprint density at radius 1 is 1.18 bits per heavy atom. The van der Waals surface area contributed by atoms with E-state index in [0.29, 0.717) is 27.1 Å². The van der Waals surface area contributed by atoms with E-state index in [9.17, 15) is 13.6 Å². The molecule has 4 rings (SSSR count). The molecular weight excluding hydrogens is 384 g/mol. The van der Waals surface area contributed by atoms with Crippen molar-refractivity contribution in [2.45, 2.75) is 12.2 Å². The Bertz CT molecular complexity index is 1090. The number of pyridine rings is 1. The average molecular weight is 399 g/mol. The van der Waals surface area contributed by atoms with Gasteiger partial charge in [0.05, 0.1) is 10.4 Å². The first-order valence-electron chi connectivity index (χ1n) is 8.30. The minimum Gasteiger partial charge on any atom is -0.369 e. The second kappa shape index (κ2) is 6.75. The first-order chi connectivity index (χ1) is 13.5. The van der Waals surface area contributed by atoms with Gasteiger partial charge in [0.2, 0.25) is 0 Å². The van der Waals surface area contributed by atoms with Gasteiger partial charge in [-0.2, -0.15) is 0 Å². The third kappa shape index (κ3) is 2.66. The summed E-state index contributed by atoms with van der Waals surface area (Å²) in [4.78, 5) is 27.5. The van der Waals surface area contributed by atoms with Gasteiger partial charge in [-0.3, -0.25) is 19.7 Å². The summed E-state index contributed by atoms with van der Waals surface area (Å²) in [7, 11) is 1.50. The van der Waals surface area contributed by atoms with Crippen LogP contribution in [-0.4, -0.2) is 33.8 Å². The highest BCUT2D eigenvalue weighted by Crippen LogP contribution is 2.41. The van der Waals surface area contributed by atoms with Crippen LogP contribution in [0.4, 0.5) is 8.78 Å². The molecule has 0 saturated heterocycles. The number of benzene rings is 1. The van der Waals surface area contributed by atoms with Gasteiger partial charge in [-0.15, -0.1) is 11.3 Å². The molecule has 28 heavy (non-hydrogen) atoms. The smallest absolute Gasteiger partial charge is 0.266 e. The number of carbonyl (C=O) groups is 1. The summed E-state index contributed by atoms with van der Waals surface area (Å²) in [5.41, 5.74) is 7.33. The molecule has 0 bridgehead atoms. The van der Waals surface area contributed by atoms with Crippen molar-refractivity contribution in [2.75, 3.05) is 7.05 Å². The maximum atomic E-state index is 14.5. The Labute approximate surface area is 163 Å². The fourth-order valence-corrected chi connectivity index (χ4v) is 3.87. The molecule has 0 spiro atoms. The molecule has 1 amide bonds. The highest BCUT2D eigenvalue weighted by molar-refractivity contribution is 7.13. The van der Waals surface area contributed by atoms with E-state index >= 15 is 0 Å². The number of likely N-dealkylation sites (N-methyl/N-ethyl adjacent to an activating group) is 1. The van der Waals surface area contributed by atoms with Crippen LogP contribution in [-0.2, 0) is 17.0 Å². The van der Waals surface area contributed by atoms with Crippen LogP contribution in [0.25, 0.3) is 10.4 Å². The van der Waals surface area contributed by atoms with Gasteiger partial charge in [0.15, 0.2) is 11.5 Å². The number of hydrogen-bond acceptors (Lipinski definition) is 6. The normalized spacial score (nSPS) is 19.2. The number of guanidine groups is 1. The van der Waals surface area contributed by atoms with E-state index in [-0.39, 0.29) is 5.96 Å². The molecule has 2 N–H and O–H groups in total. The molecule has 1 aromatic carbocycles. The van der Waals surface area contributed by atoms with Crippen LogP contribution >= 0.6 is 11.3 Å². The average Bonchev–Trinajstić information content (AvgIpc) is 3.32. The molecule has 0 fully saturated rings. The van der Waals surface area contributed by atoms with E-state index in [0.717, 1.165) is 0 Å². The van der Waals surface area contributed by atoms with Crippen LogP contribution in [0.3, 0.4) is 0 Å². The van der Waals surface area contributed by atoms with Gasteiger partial charge >= 0.3 is 0 Å². The number of hydrogen-bond donors (Lipinski definition) is 1. The predicted octanol–water partition coefficient (Wildman–Crippen LogP) is 2.84. The SMILES string of the molecule is CN1C(=O)C(c2cncc(CF)c2)(c2ccc(F)c(-c3cncs3)c2)N=C1N. The number of nitrogens with zero attached hydrogens (tertiary/aromatic N) is 4. The van der Waals surface area contributed by atoms with Crippen molar-refractivity contribution in [1.29, 1.82) is 0 Å². The summed E-state index contributed by atoms with van der Waals surface area (Å²) < 4.78 is 27.7. The second-order valence-corrected chi connectivity index (χ2v) is 7.21. The van der Waals surface area contributed by atoms with Gasteiger partial charge in [0.1, 0.15) is 12.5 Å². The van der Waals surface area contributed by atoms with E-state index in [4.69, 9.17) is 5.73 Å². The lowest BCUT2D eigenvalue weighted by molar-refractivity contribution is -0.129. The van der Waals surface area contributed by atoms with E-state index in [1.54, 1.807) is 17.8 Å². The van der Waals surface area contributed by atoms with Crippen molar-refractivity contribution < 1.29 is 13.6 Å². The highest BCUT2D eigenvalue weighted by Gasteiger charge is 2.50. The fourth-order valence-electron chi connectivity index (χ4n) is 3.23. The summed E-state index contributed by atoms with van der Waals surface area (Å²) in [5.74, 6) is -0.862. The Morgan fingerprint density at radius 2 is 2.00 bits per heavy atom. The van der Waals surface area contributed by atoms with Crippen molar-refractivity contribution in [1.82, 2.24) is 14.9 Å². The van der Waals surface area contributed by atoms with Crippen molar-refractivity contribution in [3.05, 3.63) is 70.9 Å². The molecule has 1 atom stereocenters. The van der Waals surface area contributed by atoms with Crippen molar-refractivity contribution in [3.63, 3.8) is 0 Å². The summed E-state index contributed by atoms with van der Waals surface area (Å²) >= 11 is 1.28. The number of aliphatic imine (C=N–C) groups is 1. The third-order valence-electron chi connectivity index (χ3n) is 4.69. The van der Waals surface area contributed by atoms with Gasteiger partial charge in [-0.1, -0.05) is 6.07 Å².